The number of nitrogens with one attached hydrogen (secondary N) is 2. The van der Waals surface area contributed by atoms with E-state index in [1.165, 1.54) is 0 Å². The fourth-order valence-corrected chi connectivity index (χ4v) is 3.52. The standard InChI is InChI=1S/C20H21N3O2S/c1-13(2)18(23-19(24)14-8-4-3-5-9-14)20(25)21-12-17-22-15-10-6-7-11-16(15)26-17/h3-11,13,18H,12H2,1-2H3,(H,21,25)(H,23,24). The maximum atomic E-state index is 12.6. The summed E-state index contributed by atoms with van der Waals surface area (Å²) in [5.41, 5.74) is 1.47. The second kappa shape index (κ2) is 8.10. The van der Waals surface area contributed by atoms with Gasteiger partial charge in [0.2, 0.25) is 5.91 Å². The molecule has 0 saturated heterocycles. The van der Waals surface area contributed by atoms with E-state index in [4.69, 9.17) is 0 Å². The molecular formula is C20H21N3O2S. The van der Waals surface area contributed by atoms with E-state index in [0.29, 0.717) is 12.1 Å². The van der Waals surface area contributed by atoms with Gasteiger partial charge in [0.1, 0.15) is 11.0 Å². The lowest BCUT2D eigenvalue weighted by atomic mass is 10.0. The molecule has 0 aliphatic carbocycles. The quantitative estimate of drug-likeness (QED) is 0.702. The van der Waals surface area contributed by atoms with Gasteiger partial charge in [0, 0.05) is 5.56 Å². The highest BCUT2D eigenvalue weighted by molar-refractivity contribution is 7.18. The molecule has 0 bridgehead atoms. The minimum atomic E-state index is -0.600. The van der Waals surface area contributed by atoms with Crippen molar-refractivity contribution in [3.05, 3.63) is 65.2 Å². The molecule has 2 aromatic carbocycles. The summed E-state index contributed by atoms with van der Waals surface area (Å²) in [6, 6.07) is 16.2. The van der Waals surface area contributed by atoms with Crippen molar-refractivity contribution in [2.24, 2.45) is 5.92 Å². The molecule has 0 radical (unpaired) electrons. The van der Waals surface area contributed by atoms with Crippen LogP contribution in [0.1, 0.15) is 29.2 Å². The molecule has 1 atom stereocenters. The van der Waals surface area contributed by atoms with Crippen LogP contribution in [0.25, 0.3) is 10.2 Å². The fourth-order valence-electron chi connectivity index (χ4n) is 2.62. The predicted molar refractivity (Wildman–Crippen MR) is 104 cm³/mol. The van der Waals surface area contributed by atoms with E-state index >= 15 is 0 Å². The summed E-state index contributed by atoms with van der Waals surface area (Å²) in [6.45, 7) is 4.17. The maximum Gasteiger partial charge on any atom is 0.251 e. The number of nitrogens with zero attached hydrogens (tertiary/aromatic N) is 1. The largest absolute Gasteiger partial charge is 0.348 e. The number of hydrogen-bond acceptors (Lipinski definition) is 4. The van der Waals surface area contributed by atoms with Crippen LogP contribution in [-0.2, 0) is 11.3 Å². The number of carbonyl (C=O) groups excluding carboxylic acids is 2. The van der Waals surface area contributed by atoms with E-state index in [2.05, 4.69) is 15.6 Å². The van der Waals surface area contributed by atoms with Gasteiger partial charge in [-0.15, -0.1) is 11.3 Å². The van der Waals surface area contributed by atoms with Crippen LogP contribution in [0.15, 0.2) is 54.6 Å². The summed E-state index contributed by atoms with van der Waals surface area (Å²) in [5.74, 6) is -0.485. The first-order valence-electron chi connectivity index (χ1n) is 8.52. The van der Waals surface area contributed by atoms with Crippen LogP contribution < -0.4 is 10.6 Å². The van der Waals surface area contributed by atoms with Gasteiger partial charge < -0.3 is 10.6 Å². The summed E-state index contributed by atoms with van der Waals surface area (Å²) >= 11 is 1.56. The van der Waals surface area contributed by atoms with Crippen molar-refractivity contribution in [1.82, 2.24) is 15.6 Å². The van der Waals surface area contributed by atoms with Gasteiger partial charge in [-0.1, -0.05) is 44.2 Å². The molecule has 3 rings (SSSR count). The van der Waals surface area contributed by atoms with E-state index in [0.717, 1.165) is 15.2 Å². The summed E-state index contributed by atoms with van der Waals surface area (Å²) in [7, 11) is 0. The molecule has 134 valence electrons. The highest BCUT2D eigenvalue weighted by Gasteiger charge is 2.24. The maximum absolute atomic E-state index is 12.6. The molecule has 5 nitrogen and oxygen atoms in total. The predicted octanol–water partition coefficient (Wildman–Crippen LogP) is 3.37. The summed E-state index contributed by atoms with van der Waals surface area (Å²) in [4.78, 5) is 29.5. The van der Waals surface area contributed by atoms with Gasteiger partial charge in [-0.05, 0) is 30.2 Å². The first-order chi connectivity index (χ1) is 12.5. The molecule has 0 saturated carbocycles. The van der Waals surface area contributed by atoms with Crippen molar-refractivity contribution in [3.63, 3.8) is 0 Å². The van der Waals surface area contributed by atoms with E-state index in [1.807, 2.05) is 44.2 Å². The average Bonchev–Trinajstić information content (AvgIpc) is 3.07. The van der Waals surface area contributed by atoms with Crippen molar-refractivity contribution in [2.45, 2.75) is 26.4 Å². The van der Waals surface area contributed by atoms with Crippen LogP contribution in [0.2, 0.25) is 0 Å². The van der Waals surface area contributed by atoms with Crippen LogP contribution in [-0.4, -0.2) is 22.8 Å². The SMILES string of the molecule is CC(C)C(NC(=O)c1ccccc1)C(=O)NCc1nc2ccccc2s1. The highest BCUT2D eigenvalue weighted by Crippen LogP contribution is 2.21. The lowest BCUT2D eigenvalue weighted by Crippen LogP contribution is -2.49. The average molecular weight is 367 g/mol. The molecule has 1 aromatic heterocycles. The smallest absolute Gasteiger partial charge is 0.251 e. The van der Waals surface area contributed by atoms with Crippen molar-refractivity contribution in [1.29, 1.82) is 0 Å². The first kappa shape index (κ1) is 18.1. The third-order valence-electron chi connectivity index (χ3n) is 4.02. The Morgan fingerprint density at radius 1 is 1.04 bits per heavy atom. The molecule has 1 heterocycles. The first-order valence-corrected chi connectivity index (χ1v) is 9.34. The topological polar surface area (TPSA) is 71.1 Å². The second-order valence-electron chi connectivity index (χ2n) is 6.35. The number of benzene rings is 2. The summed E-state index contributed by atoms with van der Waals surface area (Å²) in [6.07, 6.45) is 0. The zero-order valence-electron chi connectivity index (χ0n) is 14.7. The molecule has 0 fully saturated rings. The summed E-state index contributed by atoms with van der Waals surface area (Å²) in [5, 5.41) is 6.56. The third-order valence-corrected chi connectivity index (χ3v) is 5.06. The fraction of sp³-hybridized carbons (Fsp3) is 0.250. The molecule has 0 aliphatic rings. The van der Waals surface area contributed by atoms with Crippen LogP contribution >= 0.6 is 11.3 Å². The lowest BCUT2D eigenvalue weighted by molar-refractivity contribution is -0.124. The molecule has 0 spiro atoms. The molecule has 0 aliphatic heterocycles. The highest BCUT2D eigenvalue weighted by atomic mass is 32.1. The molecule has 26 heavy (non-hydrogen) atoms. The number of para-hydroxylation sites is 1. The molecule has 6 heteroatoms. The molecule has 2 N–H and O–H groups in total. The molecular weight excluding hydrogens is 346 g/mol. The Bertz CT molecular complexity index is 873. The van der Waals surface area contributed by atoms with Gasteiger partial charge in [0.15, 0.2) is 0 Å². The van der Waals surface area contributed by atoms with Gasteiger partial charge in [-0.2, -0.15) is 0 Å². The molecule has 2 amide bonds. The van der Waals surface area contributed by atoms with Gasteiger partial charge in [-0.25, -0.2) is 4.98 Å². The molecule has 1 unspecified atom stereocenters. The normalized spacial score (nSPS) is 12.1. The van der Waals surface area contributed by atoms with E-state index in [9.17, 15) is 9.59 Å². The Labute approximate surface area is 156 Å². The Morgan fingerprint density at radius 3 is 2.42 bits per heavy atom. The second-order valence-corrected chi connectivity index (χ2v) is 7.47. The van der Waals surface area contributed by atoms with Crippen LogP contribution in [0.5, 0.6) is 0 Å². The number of thiazole rings is 1. The number of hydrogen-bond donors (Lipinski definition) is 2. The lowest BCUT2D eigenvalue weighted by Gasteiger charge is -2.21. The Kier molecular flexibility index (Phi) is 5.63. The van der Waals surface area contributed by atoms with Crippen molar-refractivity contribution in [3.8, 4) is 0 Å². The Hall–Kier alpha value is -2.73. The number of fused-ring (bicyclic) bond motifs is 1. The van der Waals surface area contributed by atoms with E-state index in [-0.39, 0.29) is 17.7 Å². The number of rotatable bonds is 6. The van der Waals surface area contributed by atoms with Crippen molar-refractivity contribution >= 4 is 33.4 Å². The monoisotopic (exact) mass is 367 g/mol. The zero-order valence-corrected chi connectivity index (χ0v) is 15.5. The Balaban J connectivity index is 1.64. The zero-order chi connectivity index (χ0) is 18.5. The van der Waals surface area contributed by atoms with Crippen molar-refractivity contribution in [2.75, 3.05) is 0 Å². The summed E-state index contributed by atoms with van der Waals surface area (Å²) < 4.78 is 1.09. The van der Waals surface area contributed by atoms with Crippen LogP contribution in [0, 0.1) is 5.92 Å². The minimum absolute atomic E-state index is 0.0296. The number of aromatic nitrogens is 1. The van der Waals surface area contributed by atoms with Crippen LogP contribution in [0.3, 0.4) is 0 Å². The van der Waals surface area contributed by atoms with Gasteiger partial charge >= 0.3 is 0 Å². The van der Waals surface area contributed by atoms with E-state index in [1.54, 1.807) is 35.6 Å². The Morgan fingerprint density at radius 2 is 1.73 bits per heavy atom. The van der Waals surface area contributed by atoms with Gasteiger partial charge in [-0.3, -0.25) is 9.59 Å². The van der Waals surface area contributed by atoms with E-state index < -0.39 is 6.04 Å². The number of carbonyl (C=O) groups is 2. The minimum Gasteiger partial charge on any atom is -0.348 e. The molecule has 3 aromatic rings. The number of amides is 2. The van der Waals surface area contributed by atoms with Gasteiger partial charge in [0.05, 0.1) is 16.8 Å². The van der Waals surface area contributed by atoms with Crippen LogP contribution in [0.4, 0.5) is 0 Å². The van der Waals surface area contributed by atoms with Gasteiger partial charge in [0.25, 0.3) is 5.91 Å². The third kappa shape index (κ3) is 4.26. The van der Waals surface area contributed by atoms with Crippen molar-refractivity contribution < 1.29 is 9.59 Å².